The van der Waals surface area contributed by atoms with Gasteiger partial charge in [-0.25, -0.2) is 0 Å². The highest BCUT2D eigenvalue weighted by Gasteiger charge is 2.00. The quantitative estimate of drug-likeness (QED) is 0.310. The van der Waals surface area contributed by atoms with Gasteiger partial charge in [-0.1, -0.05) is 90.9 Å². The van der Waals surface area contributed by atoms with Crippen molar-refractivity contribution >= 4 is 17.8 Å². The first kappa shape index (κ1) is 20.8. The number of carbonyl (C=O) groups excluding carboxylic acids is 1. The molecule has 0 saturated heterocycles. The summed E-state index contributed by atoms with van der Waals surface area (Å²) >= 11 is 4.97. The Morgan fingerprint density at radius 3 is 1.52 bits per heavy atom. The standard InChI is InChI=1S/C18H35ClO2/c1-17(2)15-13-11-9-7-5-3-4-6-8-10-12-14-16-18(20)21-19/h17H,3-16H2,1-2H3. The van der Waals surface area contributed by atoms with Crippen molar-refractivity contribution < 1.29 is 9.08 Å². The summed E-state index contributed by atoms with van der Waals surface area (Å²) in [7, 11) is 0. The van der Waals surface area contributed by atoms with Crippen LogP contribution in [0, 0.1) is 5.92 Å². The Morgan fingerprint density at radius 1 is 0.762 bits per heavy atom. The molecule has 0 atom stereocenters. The Bertz CT molecular complexity index is 229. The van der Waals surface area contributed by atoms with Gasteiger partial charge in [0.25, 0.3) is 0 Å². The highest BCUT2D eigenvalue weighted by Crippen LogP contribution is 2.14. The first-order valence-corrected chi connectivity index (χ1v) is 9.29. The lowest BCUT2D eigenvalue weighted by atomic mass is 10.0. The number of rotatable bonds is 15. The Hall–Kier alpha value is -0.240. The summed E-state index contributed by atoms with van der Waals surface area (Å²) in [5.74, 6) is 0.565. The molecule has 0 radical (unpaired) electrons. The zero-order chi connectivity index (χ0) is 15.8. The van der Waals surface area contributed by atoms with Gasteiger partial charge in [-0.05, 0) is 12.3 Å². The molecule has 0 N–H and O–H groups in total. The first-order valence-electron chi connectivity index (χ1n) is 8.98. The van der Waals surface area contributed by atoms with Crippen LogP contribution >= 0.6 is 11.9 Å². The van der Waals surface area contributed by atoms with Crippen molar-refractivity contribution in [3.05, 3.63) is 0 Å². The summed E-state index contributed by atoms with van der Waals surface area (Å²) in [6, 6.07) is 0. The lowest BCUT2D eigenvalue weighted by molar-refractivity contribution is -0.134. The number of halogens is 1. The fourth-order valence-corrected chi connectivity index (χ4v) is 2.71. The van der Waals surface area contributed by atoms with E-state index in [1.54, 1.807) is 0 Å². The van der Waals surface area contributed by atoms with Crippen LogP contribution < -0.4 is 0 Å². The van der Waals surface area contributed by atoms with Gasteiger partial charge in [0.05, 0.1) is 0 Å². The zero-order valence-electron chi connectivity index (χ0n) is 14.2. The summed E-state index contributed by atoms with van der Waals surface area (Å²) < 4.78 is 4.10. The zero-order valence-corrected chi connectivity index (χ0v) is 14.9. The second kappa shape index (κ2) is 16.1. The van der Waals surface area contributed by atoms with E-state index in [0.717, 1.165) is 18.8 Å². The second-order valence-corrected chi connectivity index (χ2v) is 6.78. The van der Waals surface area contributed by atoms with Crippen LogP contribution in [0.4, 0.5) is 0 Å². The van der Waals surface area contributed by atoms with Crippen molar-refractivity contribution in [2.24, 2.45) is 5.92 Å². The van der Waals surface area contributed by atoms with Crippen molar-refractivity contribution in [3.8, 4) is 0 Å². The average Bonchev–Trinajstić information content (AvgIpc) is 2.46. The second-order valence-electron chi connectivity index (χ2n) is 6.62. The molecule has 0 fully saturated rings. The molecule has 0 amide bonds. The van der Waals surface area contributed by atoms with Gasteiger partial charge in [0.1, 0.15) is 11.9 Å². The number of hydrogen-bond acceptors (Lipinski definition) is 2. The lowest BCUT2D eigenvalue weighted by Crippen LogP contribution is -1.95. The van der Waals surface area contributed by atoms with E-state index in [1.165, 1.54) is 70.6 Å². The Balaban J connectivity index is 3.01. The predicted molar refractivity (Wildman–Crippen MR) is 91.4 cm³/mol. The molecule has 0 aliphatic heterocycles. The minimum Gasteiger partial charge on any atom is -0.348 e. The average molecular weight is 319 g/mol. The number of unbranched alkanes of at least 4 members (excludes halogenated alkanes) is 11. The van der Waals surface area contributed by atoms with E-state index in [4.69, 9.17) is 11.9 Å². The van der Waals surface area contributed by atoms with Gasteiger partial charge in [-0.3, -0.25) is 4.79 Å². The summed E-state index contributed by atoms with van der Waals surface area (Å²) in [4.78, 5) is 10.8. The number of hydrogen-bond donors (Lipinski definition) is 0. The van der Waals surface area contributed by atoms with Gasteiger partial charge in [0.15, 0.2) is 0 Å². The van der Waals surface area contributed by atoms with Crippen LogP contribution in [0.1, 0.15) is 104 Å². The Morgan fingerprint density at radius 2 is 1.14 bits per heavy atom. The first-order chi connectivity index (χ1) is 10.2. The predicted octanol–water partition coefficient (Wildman–Crippen LogP) is 6.80. The molecule has 126 valence electrons. The van der Waals surface area contributed by atoms with Crippen LogP contribution in [-0.2, 0) is 9.08 Å². The van der Waals surface area contributed by atoms with Crippen molar-refractivity contribution in [1.82, 2.24) is 0 Å². The Kier molecular flexibility index (Phi) is 16.0. The van der Waals surface area contributed by atoms with E-state index in [9.17, 15) is 4.79 Å². The van der Waals surface area contributed by atoms with Crippen LogP contribution in [-0.4, -0.2) is 5.97 Å². The van der Waals surface area contributed by atoms with Crippen LogP contribution in [0.5, 0.6) is 0 Å². The molecule has 0 bridgehead atoms. The van der Waals surface area contributed by atoms with E-state index < -0.39 is 0 Å². The van der Waals surface area contributed by atoms with Gasteiger partial charge in [-0.15, -0.1) is 0 Å². The molecular weight excluding hydrogens is 284 g/mol. The van der Waals surface area contributed by atoms with E-state index in [1.807, 2.05) is 0 Å². The maximum absolute atomic E-state index is 10.8. The lowest BCUT2D eigenvalue weighted by Gasteiger charge is -2.04. The SMILES string of the molecule is CC(C)CCCCCCCCCCCCCCC(=O)OCl. The molecule has 0 aliphatic carbocycles. The minimum atomic E-state index is -0.301. The largest absolute Gasteiger partial charge is 0.348 e. The van der Waals surface area contributed by atoms with Crippen molar-refractivity contribution in [2.75, 3.05) is 0 Å². The highest BCUT2D eigenvalue weighted by molar-refractivity contribution is 6.13. The van der Waals surface area contributed by atoms with Crippen molar-refractivity contribution in [3.63, 3.8) is 0 Å². The van der Waals surface area contributed by atoms with E-state index in [-0.39, 0.29) is 5.97 Å². The van der Waals surface area contributed by atoms with Crippen molar-refractivity contribution in [1.29, 1.82) is 0 Å². The molecule has 0 unspecified atom stereocenters. The maximum Gasteiger partial charge on any atom is 0.324 e. The molecule has 0 rings (SSSR count). The molecule has 0 aromatic carbocycles. The molecule has 0 aromatic rings. The molecule has 3 heteroatoms. The van der Waals surface area contributed by atoms with Gasteiger partial charge < -0.3 is 4.29 Å². The molecule has 0 aliphatic rings. The van der Waals surface area contributed by atoms with Gasteiger partial charge in [-0.2, -0.15) is 0 Å². The highest BCUT2D eigenvalue weighted by atomic mass is 35.5. The van der Waals surface area contributed by atoms with E-state index >= 15 is 0 Å². The van der Waals surface area contributed by atoms with E-state index in [2.05, 4.69) is 18.1 Å². The topological polar surface area (TPSA) is 26.3 Å². The summed E-state index contributed by atoms with van der Waals surface area (Å²) in [6.45, 7) is 4.62. The Labute approximate surface area is 137 Å². The minimum absolute atomic E-state index is 0.301. The maximum atomic E-state index is 10.8. The van der Waals surface area contributed by atoms with E-state index in [0.29, 0.717) is 6.42 Å². The van der Waals surface area contributed by atoms with Crippen LogP contribution in [0.25, 0.3) is 0 Å². The third kappa shape index (κ3) is 17.7. The molecule has 0 spiro atoms. The summed E-state index contributed by atoms with van der Waals surface area (Å²) in [5, 5.41) is 0. The molecule has 0 saturated carbocycles. The molecule has 2 nitrogen and oxygen atoms in total. The molecule has 0 aromatic heterocycles. The number of carbonyl (C=O) groups is 1. The fraction of sp³-hybridized carbons (Fsp3) is 0.944. The van der Waals surface area contributed by atoms with Gasteiger partial charge >= 0.3 is 5.97 Å². The smallest absolute Gasteiger partial charge is 0.324 e. The van der Waals surface area contributed by atoms with Crippen molar-refractivity contribution in [2.45, 2.75) is 104 Å². The summed E-state index contributed by atoms with van der Waals surface area (Å²) in [5.41, 5.74) is 0. The monoisotopic (exact) mass is 318 g/mol. The molecule has 0 heterocycles. The summed E-state index contributed by atoms with van der Waals surface area (Å²) in [6.07, 6.45) is 17.6. The fourth-order valence-electron chi connectivity index (χ4n) is 2.63. The molecule has 21 heavy (non-hydrogen) atoms. The third-order valence-corrected chi connectivity index (χ3v) is 4.17. The van der Waals surface area contributed by atoms with Gasteiger partial charge in [0.2, 0.25) is 0 Å². The van der Waals surface area contributed by atoms with Crippen LogP contribution in [0.15, 0.2) is 0 Å². The third-order valence-electron chi connectivity index (χ3n) is 4.00. The van der Waals surface area contributed by atoms with Crippen LogP contribution in [0.2, 0.25) is 0 Å². The molecular formula is C18H35ClO2. The van der Waals surface area contributed by atoms with Crippen LogP contribution in [0.3, 0.4) is 0 Å². The normalized spacial score (nSPS) is 11.0. The van der Waals surface area contributed by atoms with Gasteiger partial charge in [0, 0.05) is 6.42 Å².